The smallest absolute Gasteiger partial charge is 0.443 e. The number of benzene rings is 1. The molecule has 2 nitrogen and oxygen atoms in total. The Morgan fingerprint density at radius 2 is 2.12 bits per heavy atom. The van der Waals surface area contributed by atoms with Crippen LogP contribution in [0.3, 0.4) is 0 Å². The van der Waals surface area contributed by atoms with Gasteiger partial charge in [0.2, 0.25) is 0 Å². The summed E-state index contributed by atoms with van der Waals surface area (Å²) in [6, 6.07) is 9.45. The van der Waals surface area contributed by atoms with Crippen molar-refractivity contribution in [3.05, 3.63) is 54.7 Å². The molecule has 2 rings (SSSR count). The van der Waals surface area contributed by atoms with E-state index in [1.165, 1.54) is 11.3 Å². The molecule has 0 unspecified atom stereocenters. The second-order valence-corrected chi connectivity index (χ2v) is 4.11. The molecule has 0 N–H and O–H groups in total. The fourth-order valence-electron chi connectivity index (χ4n) is 1.65. The topological polar surface area (TPSA) is 6.48 Å². The van der Waals surface area contributed by atoms with Gasteiger partial charge in [-0.15, -0.1) is 18.3 Å². The van der Waals surface area contributed by atoms with Crippen molar-refractivity contribution in [2.75, 3.05) is 26.0 Å². The van der Waals surface area contributed by atoms with Gasteiger partial charge in [0.05, 0.1) is 0 Å². The number of allylic oxidation sites excluding steroid dienone is 2. The molecule has 1 aliphatic rings. The zero-order valence-corrected chi connectivity index (χ0v) is 11.9. The molecule has 0 spiro atoms. The molecule has 1 heterocycles. The van der Waals surface area contributed by atoms with Gasteiger partial charge in [-0.2, -0.15) is 24.6 Å². The third kappa shape index (κ3) is 3.37. The summed E-state index contributed by atoms with van der Waals surface area (Å²) < 4.78 is 0. The molecular formula is C14H16N2Rh. The Hall–Kier alpha value is -1.21. The molecule has 17 heavy (non-hydrogen) atoms. The van der Waals surface area contributed by atoms with Crippen LogP contribution in [0.2, 0.25) is 0 Å². The zero-order valence-electron chi connectivity index (χ0n) is 10.3. The van der Waals surface area contributed by atoms with Crippen LogP contribution >= 0.6 is 0 Å². The van der Waals surface area contributed by atoms with Crippen molar-refractivity contribution in [1.82, 2.24) is 4.90 Å². The summed E-state index contributed by atoms with van der Waals surface area (Å²) in [5, 5.41) is 0. The maximum absolute atomic E-state index is 3.27. The minimum atomic E-state index is 0. The summed E-state index contributed by atoms with van der Waals surface area (Å²) in [4.78, 5) is 4.14. The molecule has 0 aliphatic carbocycles. The van der Waals surface area contributed by atoms with Crippen molar-refractivity contribution in [3.8, 4) is 0 Å². The fraction of sp³-hybridized carbons (Fsp3) is 0.214. The normalized spacial score (nSPS) is 13.6. The van der Waals surface area contributed by atoms with E-state index in [-0.39, 0.29) is 19.5 Å². The Morgan fingerprint density at radius 1 is 1.35 bits per heavy atom. The van der Waals surface area contributed by atoms with Gasteiger partial charge in [0.15, 0.2) is 0 Å². The van der Waals surface area contributed by atoms with E-state index >= 15 is 0 Å². The van der Waals surface area contributed by atoms with E-state index in [0.29, 0.717) is 0 Å². The number of anilines is 1. The summed E-state index contributed by atoms with van der Waals surface area (Å²) in [5.74, 6) is 0. The second kappa shape index (κ2) is 5.93. The van der Waals surface area contributed by atoms with Crippen LogP contribution in [0.4, 0.5) is 5.69 Å². The first-order valence-corrected chi connectivity index (χ1v) is 5.31. The number of hydrogen-bond acceptors (Lipinski definition) is 2. The summed E-state index contributed by atoms with van der Waals surface area (Å²) in [7, 11) is 6.12. The van der Waals surface area contributed by atoms with Gasteiger partial charge < -0.3 is 9.80 Å². The van der Waals surface area contributed by atoms with Crippen LogP contribution in [0, 0.1) is 12.5 Å². The average molecular weight is 315 g/mol. The first-order chi connectivity index (χ1) is 7.66. The summed E-state index contributed by atoms with van der Waals surface area (Å²) in [6.07, 6.45) is 8.28. The van der Waals surface area contributed by atoms with E-state index in [1.807, 2.05) is 44.4 Å². The summed E-state index contributed by atoms with van der Waals surface area (Å²) >= 11 is 0. The van der Waals surface area contributed by atoms with E-state index in [2.05, 4.69) is 35.7 Å². The molecule has 91 valence electrons. The van der Waals surface area contributed by atoms with Crippen LogP contribution in [-0.4, -0.2) is 26.0 Å². The van der Waals surface area contributed by atoms with Crippen molar-refractivity contribution < 1.29 is 19.5 Å². The first-order valence-electron chi connectivity index (χ1n) is 5.31. The van der Waals surface area contributed by atoms with Gasteiger partial charge in [-0.25, -0.2) is 11.1 Å². The quantitative estimate of drug-likeness (QED) is 0.611. The monoisotopic (exact) mass is 315 g/mol. The Kier molecular flexibility index (Phi) is 4.83. The molecule has 0 bridgehead atoms. The van der Waals surface area contributed by atoms with E-state index < -0.39 is 0 Å². The molecule has 1 aliphatic heterocycles. The van der Waals surface area contributed by atoms with Crippen LogP contribution in [0.25, 0.3) is 5.57 Å². The van der Waals surface area contributed by atoms with Gasteiger partial charge in [0.25, 0.3) is 0 Å². The Bertz CT molecular complexity index is 436. The van der Waals surface area contributed by atoms with E-state index in [4.69, 9.17) is 0 Å². The third-order valence-corrected chi connectivity index (χ3v) is 2.55. The second-order valence-electron chi connectivity index (χ2n) is 4.11. The number of nitrogens with zero attached hydrogens (tertiary/aromatic N) is 2. The first kappa shape index (κ1) is 13.9. The number of rotatable bonds is 2. The van der Waals surface area contributed by atoms with Crippen LogP contribution in [0.5, 0.6) is 0 Å². The predicted molar refractivity (Wildman–Crippen MR) is 68.8 cm³/mol. The van der Waals surface area contributed by atoms with Gasteiger partial charge in [0.1, 0.15) is 0 Å². The molecule has 1 radical (unpaired) electrons. The Morgan fingerprint density at radius 3 is 2.76 bits per heavy atom. The SMILES string of the molecule is CN1C=C[CH-]C(c2[c-]ccc(N(C)C)c2)=C1.[Rh+2]. The van der Waals surface area contributed by atoms with Gasteiger partial charge in [-0.1, -0.05) is 11.9 Å². The molecule has 0 saturated heterocycles. The summed E-state index contributed by atoms with van der Waals surface area (Å²) in [6.45, 7) is 0. The standard InChI is InChI=1S/C14H16N2.Rh/c1-15(2)14-8-4-6-12(10-14)13-7-5-9-16(3)11-13;/h4-5,7-11H,1-3H3;/q-2;+2. The molecule has 0 fully saturated rings. The zero-order chi connectivity index (χ0) is 11.5. The molecule has 0 amide bonds. The van der Waals surface area contributed by atoms with Gasteiger partial charge >= 0.3 is 19.5 Å². The van der Waals surface area contributed by atoms with Crippen molar-refractivity contribution in [3.63, 3.8) is 0 Å². The molecule has 0 atom stereocenters. The fourth-order valence-corrected chi connectivity index (χ4v) is 1.65. The van der Waals surface area contributed by atoms with Crippen LogP contribution < -0.4 is 4.90 Å². The molecule has 0 aromatic heterocycles. The van der Waals surface area contributed by atoms with Crippen LogP contribution in [0.15, 0.2) is 36.7 Å². The Balaban J connectivity index is 0.00000144. The molecule has 0 saturated carbocycles. The average Bonchev–Trinajstić information content (AvgIpc) is 2.29. The van der Waals surface area contributed by atoms with Gasteiger partial charge in [-0.3, -0.25) is 0 Å². The molecule has 1 aromatic rings. The van der Waals surface area contributed by atoms with E-state index in [9.17, 15) is 0 Å². The van der Waals surface area contributed by atoms with Crippen molar-refractivity contribution in [2.24, 2.45) is 0 Å². The molecular weight excluding hydrogens is 299 g/mol. The van der Waals surface area contributed by atoms with Gasteiger partial charge in [-0.05, 0) is 7.05 Å². The third-order valence-electron chi connectivity index (χ3n) is 2.55. The van der Waals surface area contributed by atoms with E-state index in [1.54, 1.807) is 0 Å². The maximum Gasteiger partial charge on any atom is 2.00 e. The molecule has 1 aromatic carbocycles. The molecule has 3 heteroatoms. The minimum Gasteiger partial charge on any atom is -0.443 e. The van der Waals surface area contributed by atoms with Crippen LogP contribution in [-0.2, 0) is 19.5 Å². The van der Waals surface area contributed by atoms with Crippen molar-refractivity contribution in [2.45, 2.75) is 0 Å². The predicted octanol–water partition coefficient (Wildman–Crippen LogP) is 2.55. The van der Waals surface area contributed by atoms with Gasteiger partial charge in [0, 0.05) is 14.1 Å². The van der Waals surface area contributed by atoms with Crippen molar-refractivity contribution >= 4 is 11.3 Å². The maximum atomic E-state index is 3.27. The van der Waals surface area contributed by atoms with Crippen molar-refractivity contribution in [1.29, 1.82) is 0 Å². The Labute approximate surface area is 116 Å². The van der Waals surface area contributed by atoms with E-state index in [0.717, 1.165) is 5.56 Å². The summed E-state index contributed by atoms with van der Waals surface area (Å²) in [5.41, 5.74) is 3.51. The number of hydrogen-bond donors (Lipinski definition) is 0. The largest absolute Gasteiger partial charge is 2.00 e. The minimum absolute atomic E-state index is 0. The van der Waals surface area contributed by atoms with Crippen LogP contribution in [0.1, 0.15) is 5.56 Å².